The van der Waals surface area contributed by atoms with Gasteiger partial charge in [0, 0.05) is 19.2 Å². The van der Waals surface area contributed by atoms with E-state index in [4.69, 9.17) is 4.52 Å². The second-order valence-electron chi connectivity index (χ2n) is 2.93. The maximum Gasteiger partial charge on any atom is 0.323 e. The highest BCUT2D eigenvalue weighted by Gasteiger charge is 2.10. The number of hydrogen-bond acceptors (Lipinski definition) is 3. The summed E-state index contributed by atoms with van der Waals surface area (Å²) < 4.78 is 4.83. The van der Waals surface area contributed by atoms with Crippen LogP contribution >= 0.6 is 0 Å². The van der Waals surface area contributed by atoms with E-state index < -0.39 is 0 Å². The number of rotatable bonds is 3. The first kappa shape index (κ1) is 10.6. The van der Waals surface area contributed by atoms with E-state index in [0.29, 0.717) is 24.7 Å². The summed E-state index contributed by atoms with van der Waals surface area (Å²) in [5.74, 6) is 1.14. The van der Waals surface area contributed by atoms with Gasteiger partial charge in [-0.2, -0.15) is 0 Å². The summed E-state index contributed by atoms with van der Waals surface area (Å²) in [5.41, 5.74) is 0. The number of nitrogens with one attached hydrogen (secondary N) is 1. The third-order valence-electron chi connectivity index (χ3n) is 1.91. The monoisotopic (exact) mass is 197 g/mol. The fourth-order valence-electron chi connectivity index (χ4n) is 1.12. The smallest absolute Gasteiger partial charge is 0.323 e. The number of carbonyl (C=O) groups excluding carboxylic acids is 1. The van der Waals surface area contributed by atoms with Crippen molar-refractivity contribution in [1.82, 2.24) is 10.1 Å². The standard InChI is InChI=1S/C9H15N3O2/c1-4-12(5-2)9(13)10-8-6-7(3)14-11-8/h6H,4-5H2,1-3H3,(H,10,11,13). The molecule has 0 aromatic carbocycles. The lowest BCUT2D eigenvalue weighted by Crippen LogP contribution is -2.34. The Hall–Kier alpha value is -1.52. The van der Waals surface area contributed by atoms with Gasteiger partial charge < -0.3 is 9.42 Å². The van der Waals surface area contributed by atoms with E-state index >= 15 is 0 Å². The number of amides is 2. The van der Waals surface area contributed by atoms with Crippen LogP contribution in [0.25, 0.3) is 0 Å². The SMILES string of the molecule is CCN(CC)C(=O)Nc1cc(C)on1. The largest absolute Gasteiger partial charge is 0.360 e. The Morgan fingerprint density at radius 2 is 2.21 bits per heavy atom. The maximum atomic E-state index is 11.5. The Morgan fingerprint density at radius 3 is 2.64 bits per heavy atom. The molecule has 0 spiro atoms. The molecule has 2 amide bonds. The molecule has 0 aliphatic heterocycles. The van der Waals surface area contributed by atoms with E-state index in [9.17, 15) is 4.79 Å². The summed E-state index contributed by atoms with van der Waals surface area (Å²) in [6.45, 7) is 6.99. The lowest BCUT2D eigenvalue weighted by molar-refractivity contribution is 0.217. The lowest BCUT2D eigenvalue weighted by Gasteiger charge is -2.17. The Kier molecular flexibility index (Phi) is 3.50. The molecule has 1 aromatic rings. The number of urea groups is 1. The zero-order valence-electron chi connectivity index (χ0n) is 8.70. The van der Waals surface area contributed by atoms with Crippen molar-refractivity contribution in [3.05, 3.63) is 11.8 Å². The minimum atomic E-state index is -0.150. The maximum absolute atomic E-state index is 11.5. The number of nitrogens with zero attached hydrogens (tertiary/aromatic N) is 2. The first-order chi connectivity index (χ1) is 6.67. The molecule has 1 rings (SSSR count). The fourth-order valence-corrected chi connectivity index (χ4v) is 1.12. The molecular formula is C9H15N3O2. The van der Waals surface area contributed by atoms with Crippen LogP contribution in [-0.2, 0) is 0 Å². The molecule has 1 N–H and O–H groups in total. The third kappa shape index (κ3) is 2.48. The molecule has 0 atom stereocenters. The minimum Gasteiger partial charge on any atom is -0.360 e. The number of anilines is 1. The van der Waals surface area contributed by atoms with Gasteiger partial charge in [0.25, 0.3) is 0 Å². The highest BCUT2D eigenvalue weighted by molar-refractivity contribution is 5.88. The number of hydrogen-bond donors (Lipinski definition) is 1. The van der Waals surface area contributed by atoms with Crippen molar-refractivity contribution in [3.63, 3.8) is 0 Å². The quantitative estimate of drug-likeness (QED) is 0.804. The van der Waals surface area contributed by atoms with Gasteiger partial charge in [-0.3, -0.25) is 5.32 Å². The van der Waals surface area contributed by atoms with Crippen molar-refractivity contribution in [2.45, 2.75) is 20.8 Å². The zero-order chi connectivity index (χ0) is 10.6. The second kappa shape index (κ2) is 4.64. The zero-order valence-corrected chi connectivity index (χ0v) is 8.70. The summed E-state index contributed by atoms with van der Waals surface area (Å²) in [4.78, 5) is 13.2. The van der Waals surface area contributed by atoms with Gasteiger partial charge in [-0.05, 0) is 20.8 Å². The fraction of sp³-hybridized carbons (Fsp3) is 0.556. The molecule has 0 radical (unpaired) electrons. The van der Waals surface area contributed by atoms with Gasteiger partial charge in [0.2, 0.25) is 0 Å². The van der Waals surface area contributed by atoms with Crippen LogP contribution in [0.1, 0.15) is 19.6 Å². The predicted octanol–water partition coefficient (Wildman–Crippen LogP) is 1.86. The summed E-state index contributed by atoms with van der Waals surface area (Å²) in [7, 11) is 0. The molecule has 0 saturated heterocycles. The van der Waals surface area contributed by atoms with E-state index in [1.54, 1.807) is 17.9 Å². The second-order valence-corrected chi connectivity index (χ2v) is 2.93. The number of carbonyl (C=O) groups is 1. The van der Waals surface area contributed by atoms with E-state index in [1.165, 1.54) is 0 Å². The number of aryl methyl sites for hydroxylation is 1. The van der Waals surface area contributed by atoms with Gasteiger partial charge in [-0.1, -0.05) is 5.16 Å². The van der Waals surface area contributed by atoms with E-state index in [-0.39, 0.29) is 6.03 Å². The topological polar surface area (TPSA) is 58.4 Å². The lowest BCUT2D eigenvalue weighted by atomic mass is 10.5. The molecule has 5 nitrogen and oxygen atoms in total. The highest BCUT2D eigenvalue weighted by Crippen LogP contribution is 2.07. The van der Waals surface area contributed by atoms with E-state index in [0.717, 1.165) is 0 Å². The van der Waals surface area contributed by atoms with Crippen LogP contribution < -0.4 is 5.32 Å². The van der Waals surface area contributed by atoms with Crippen molar-refractivity contribution < 1.29 is 9.32 Å². The molecule has 0 aliphatic rings. The van der Waals surface area contributed by atoms with Crippen LogP contribution in [0.15, 0.2) is 10.6 Å². The first-order valence-electron chi connectivity index (χ1n) is 4.66. The summed E-state index contributed by atoms with van der Waals surface area (Å²) in [6.07, 6.45) is 0. The van der Waals surface area contributed by atoms with Crippen LogP contribution in [0.5, 0.6) is 0 Å². The van der Waals surface area contributed by atoms with Gasteiger partial charge in [0.15, 0.2) is 5.82 Å². The van der Waals surface area contributed by atoms with Gasteiger partial charge in [-0.25, -0.2) is 4.79 Å². The molecule has 5 heteroatoms. The third-order valence-corrected chi connectivity index (χ3v) is 1.91. The van der Waals surface area contributed by atoms with Crippen molar-refractivity contribution in [3.8, 4) is 0 Å². The van der Waals surface area contributed by atoms with Gasteiger partial charge in [0.1, 0.15) is 5.76 Å². The molecule has 1 heterocycles. The predicted molar refractivity (Wildman–Crippen MR) is 53.2 cm³/mol. The normalized spacial score (nSPS) is 9.93. The van der Waals surface area contributed by atoms with Crippen LogP contribution in [0.4, 0.5) is 10.6 Å². The number of aromatic nitrogens is 1. The summed E-state index contributed by atoms with van der Waals surface area (Å²) >= 11 is 0. The minimum absolute atomic E-state index is 0.150. The Labute approximate surface area is 83.1 Å². The molecule has 0 saturated carbocycles. The molecule has 78 valence electrons. The molecule has 0 fully saturated rings. The van der Waals surface area contributed by atoms with Crippen LogP contribution in [0.3, 0.4) is 0 Å². The van der Waals surface area contributed by atoms with E-state index in [1.807, 2.05) is 13.8 Å². The Bertz CT molecular complexity index is 305. The van der Waals surface area contributed by atoms with Gasteiger partial charge in [0.05, 0.1) is 0 Å². The average molecular weight is 197 g/mol. The highest BCUT2D eigenvalue weighted by atomic mass is 16.5. The first-order valence-corrected chi connectivity index (χ1v) is 4.66. The van der Waals surface area contributed by atoms with Crippen LogP contribution in [0.2, 0.25) is 0 Å². The van der Waals surface area contributed by atoms with Crippen molar-refractivity contribution in [2.75, 3.05) is 18.4 Å². The molecule has 0 bridgehead atoms. The summed E-state index contributed by atoms with van der Waals surface area (Å²) in [6, 6.07) is 1.53. The van der Waals surface area contributed by atoms with Gasteiger partial charge in [-0.15, -0.1) is 0 Å². The van der Waals surface area contributed by atoms with Crippen molar-refractivity contribution in [2.24, 2.45) is 0 Å². The average Bonchev–Trinajstić information content (AvgIpc) is 2.53. The molecule has 14 heavy (non-hydrogen) atoms. The summed E-state index contributed by atoms with van der Waals surface area (Å²) in [5, 5.41) is 6.32. The van der Waals surface area contributed by atoms with Crippen molar-refractivity contribution >= 4 is 11.8 Å². The van der Waals surface area contributed by atoms with Gasteiger partial charge >= 0.3 is 6.03 Å². The molecule has 1 aromatic heterocycles. The van der Waals surface area contributed by atoms with Crippen LogP contribution in [-0.4, -0.2) is 29.2 Å². The van der Waals surface area contributed by atoms with E-state index in [2.05, 4.69) is 10.5 Å². The molecular weight excluding hydrogens is 182 g/mol. The van der Waals surface area contributed by atoms with Crippen LogP contribution in [0, 0.1) is 6.92 Å². The molecule has 0 aliphatic carbocycles. The Balaban J connectivity index is 2.56. The Morgan fingerprint density at radius 1 is 1.57 bits per heavy atom. The van der Waals surface area contributed by atoms with Crippen molar-refractivity contribution in [1.29, 1.82) is 0 Å². The molecule has 0 unspecified atom stereocenters.